The number of rotatable bonds is 4. The summed E-state index contributed by atoms with van der Waals surface area (Å²) >= 11 is 1.65. The molecular weight excluding hydrogens is 245 g/mol. The van der Waals surface area contributed by atoms with Crippen LogP contribution in [-0.4, -0.2) is 5.75 Å². The summed E-state index contributed by atoms with van der Waals surface area (Å²) in [6, 6.07) is 14.7. The molecule has 0 saturated heterocycles. The molecule has 2 N–H and O–H groups in total. The van der Waals surface area contributed by atoms with Crippen LogP contribution in [0.3, 0.4) is 0 Å². The van der Waals surface area contributed by atoms with Crippen LogP contribution in [0.2, 0.25) is 0 Å². The Bertz CT molecular complexity index is 510. The fourth-order valence-corrected chi connectivity index (χ4v) is 2.57. The Morgan fingerprint density at radius 3 is 2.44 bits per heavy atom. The molecule has 0 aromatic heterocycles. The Morgan fingerprint density at radius 2 is 1.78 bits per heavy atom. The molecular formula is C15H16FNS. The van der Waals surface area contributed by atoms with E-state index in [2.05, 4.69) is 31.2 Å². The molecule has 1 nitrogen and oxygen atoms in total. The zero-order chi connectivity index (χ0) is 13.0. The van der Waals surface area contributed by atoms with E-state index in [0.717, 1.165) is 4.90 Å². The molecule has 3 heteroatoms. The van der Waals surface area contributed by atoms with Gasteiger partial charge in [-0.2, -0.15) is 0 Å². The van der Waals surface area contributed by atoms with E-state index in [9.17, 15) is 4.39 Å². The van der Waals surface area contributed by atoms with Crippen LogP contribution in [0.15, 0.2) is 53.4 Å². The van der Waals surface area contributed by atoms with E-state index in [4.69, 9.17) is 5.73 Å². The highest BCUT2D eigenvalue weighted by atomic mass is 32.2. The van der Waals surface area contributed by atoms with Crippen LogP contribution in [0.5, 0.6) is 0 Å². The van der Waals surface area contributed by atoms with Gasteiger partial charge in [-0.15, -0.1) is 11.8 Å². The molecule has 0 aliphatic carbocycles. The number of thioether (sulfide) groups is 1. The Hall–Kier alpha value is -1.32. The van der Waals surface area contributed by atoms with Crippen LogP contribution in [-0.2, 0) is 0 Å². The average molecular weight is 261 g/mol. The minimum absolute atomic E-state index is 0.227. The first-order valence-corrected chi connectivity index (χ1v) is 6.85. The molecule has 0 amide bonds. The minimum atomic E-state index is -0.280. The maximum atomic E-state index is 13.5. The maximum absolute atomic E-state index is 13.5. The minimum Gasteiger partial charge on any atom is -0.323 e. The lowest BCUT2D eigenvalue weighted by atomic mass is 10.1. The molecule has 1 unspecified atom stereocenters. The first kappa shape index (κ1) is 13.1. The summed E-state index contributed by atoms with van der Waals surface area (Å²) in [7, 11) is 0. The molecule has 1 atom stereocenters. The Kier molecular flexibility index (Phi) is 4.39. The van der Waals surface area contributed by atoms with E-state index in [-0.39, 0.29) is 11.9 Å². The molecule has 2 aromatic carbocycles. The van der Waals surface area contributed by atoms with E-state index in [0.29, 0.717) is 11.3 Å². The number of aryl methyl sites for hydroxylation is 1. The van der Waals surface area contributed by atoms with Crippen molar-refractivity contribution in [2.24, 2.45) is 5.73 Å². The topological polar surface area (TPSA) is 26.0 Å². The van der Waals surface area contributed by atoms with Crippen molar-refractivity contribution >= 4 is 11.8 Å². The van der Waals surface area contributed by atoms with Gasteiger partial charge in [0.25, 0.3) is 0 Å². The molecule has 18 heavy (non-hydrogen) atoms. The lowest BCUT2D eigenvalue weighted by Crippen LogP contribution is -2.14. The third-order valence-electron chi connectivity index (χ3n) is 2.76. The number of hydrogen-bond donors (Lipinski definition) is 1. The smallest absolute Gasteiger partial charge is 0.128 e. The van der Waals surface area contributed by atoms with Gasteiger partial charge in [-0.05, 0) is 25.1 Å². The van der Waals surface area contributed by atoms with Crippen molar-refractivity contribution in [2.45, 2.75) is 17.9 Å². The van der Waals surface area contributed by atoms with E-state index in [1.54, 1.807) is 23.9 Å². The third kappa shape index (κ3) is 3.34. The summed E-state index contributed by atoms with van der Waals surface area (Å²) in [4.78, 5) is 1.16. The molecule has 0 aliphatic rings. The van der Waals surface area contributed by atoms with Crippen LogP contribution in [0.4, 0.5) is 4.39 Å². The third-order valence-corrected chi connectivity index (χ3v) is 3.89. The van der Waals surface area contributed by atoms with Gasteiger partial charge in [-0.1, -0.05) is 35.9 Å². The van der Waals surface area contributed by atoms with Crippen molar-refractivity contribution in [1.29, 1.82) is 0 Å². The zero-order valence-corrected chi connectivity index (χ0v) is 11.1. The summed E-state index contributed by atoms with van der Waals surface area (Å²) in [6.45, 7) is 2.06. The van der Waals surface area contributed by atoms with Gasteiger partial charge in [-0.3, -0.25) is 0 Å². The molecule has 0 bridgehead atoms. The largest absolute Gasteiger partial charge is 0.323 e. The van der Waals surface area contributed by atoms with Gasteiger partial charge in [-0.25, -0.2) is 4.39 Å². The lowest BCUT2D eigenvalue weighted by Gasteiger charge is -2.12. The Morgan fingerprint density at radius 1 is 1.11 bits per heavy atom. The summed E-state index contributed by atoms with van der Waals surface area (Å²) in [5.41, 5.74) is 7.83. The highest BCUT2D eigenvalue weighted by molar-refractivity contribution is 7.99. The summed E-state index contributed by atoms with van der Waals surface area (Å²) < 4.78 is 13.5. The number of halogens is 1. The quantitative estimate of drug-likeness (QED) is 0.844. The molecule has 0 aliphatic heterocycles. The van der Waals surface area contributed by atoms with Gasteiger partial charge in [0.05, 0.1) is 0 Å². The number of benzene rings is 2. The van der Waals surface area contributed by atoms with Gasteiger partial charge in [0, 0.05) is 22.3 Å². The predicted octanol–water partition coefficient (Wildman–Crippen LogP) is 3.93. The highest BCUT2D eigenvalue weighted by Crippen LogP contribution is 2.24. The second-order valence-electron chi connectivity index (χ2n) is 4.25. The number of hydrogen-bond acceptors (Lipinski definition) is 2. The summed E-state index contributed by atoms with van der Waals surface area (Å²) in [5, 5.41) is 0. The standard InChI is InChI=1S/C15H16FNS/c1-11-6-8-12(9-7-11)18-10-15(17)13-4-2-3-5-14(13)16/h2-9,15H,10,17H2,1H3. The van der Waals surface area contributed by atoms with Gasteiger partial charge in [0.1, 0.15) is 5.82 Å². The van der Waals surface area contributed by atoms with Crippen molar-refractivity contribution in [3.63, 3.8) is 0 Å². The molecule has 0 heterocycles. The molecule has 2 aromatic rings. The van der Waals surface area contributed by atoms with Crippen LogP contribution >= 0.6 is 11.8 Å². The average Bonchev–Trinajstić information content (AvgIpc) is 2.38. The molecule has 0 spiro atoms. The SMILES string of the molecule is Cc1ccc(SCC(N)c2ccccc2F)cc1. The fourth-order valence-electron chi connectivity index (χ4n) is 1.69. The summed E-state index contributed by atoms with van der Waals surface area (Å²) in [6.07, 6.45) is 0. The van der Waals surface area contributed by atoms with Crippen LogP contribution in [0, 0.1) is 12.7 Å². The second-order valence-corrected chi connectivity index (χ2v) is 5.35. The van der Waals surface area contributed by atoms with Crippen molar-refractivity contribution in [1.82, 2.24) is 0 Å². The van der Waals surface area contributed by atoms with Crippen LogP contribution in [0.1, 0.15) is 17.2 Å². The molecule has 0 fully saturated rings. The first-order chi connectivity index (χ1) is 8.66. The molecule has 0 radical (unpaired) electrons. The van der Waals surface area contributed by atoms with Crippen molar-refractivity contribution in [2.75, 3.05) is 5.75 Å². The Labute approximate surface area is 111 Å². The highest BCUT2D eigenvalue weighted by Gasteiger charge is 2.10. The second kappa shape index (κ2) is 6.03. The van der Waals surface area contributed by atoms with Crippen molar-refractivity contribution in [3.8, 4) is 0 Å². The maximum Gasteiger partial charge on any atom is 0.128 e. The van der Waals surface area contributed by atoms with Crippen LogP contribution < -0.4 is 5.73 Å². The first-order valence-electron chi connectivity index (χ1n) is 5.86. The normalized spacial score (nSPS) is 12.4. The zero-order valence-electron chi connectivity index (χ0n) is 10.3. The number of nitrogens with two attached hydrogens (primary N) is 1. The van der Waals surface area contributed by atoms with E-state index >= 15 is 0 Å². The van der Waals surface area contributed by atoms with Gasteiger partial charge < -0.3 is 5.73 Å². The van der Waals surface area contributed by atoms with E-state index in [1.807, 2.05) is 6.07 Å². The lowest BCUT2D eigenvalue weighted by molar-refractivity contribution is 0.595. The van der Waals surface area contributed by atoms with E-state index < -0.39 is 0 Å². The van der Waals surface area contributed by atoms with Crippen LogP contribution in [0.25, 0.3) is 0 Å². The van der Waals surface area contributed by atoms with Gasteiger partial charge in [0.2, 0.25) is 0 Å². The molecule has 94 valence electrons. The van der Waals surface area contributed by atoms with E-state index in [1.165, 1.54) is 11.6 Å². The predicted molar refractivity (Wildman–Crippen MR) is 75.2 cm³/mol. The monoisotopic (exact) mass is 261 g/mol. The van der Waals surface area contributed by atoms with Gasteiger partial charge >= 0.3 is 0 Å². The fraction of sp³-hybridized carbons (Fsp3) is 0.200. The molecule has 2 rings (SSSR count). The van der Waals surface area contributed by atoms with Crippen molar-refractivity contribution in [3.05, 3.63) is 65.5 Å². The summed E-state index contributed by atoms with van der Waals surface area (Å²) in [5.74, 6) is 0.443. The van der Waals surface area contributed by atoms with Crippen molar-refractivity contribution < 1.29 is 4.39 Å². The Balaban J connectivity index is 1.98. The van der Waals surface area contributed by atoms with Gasteiger partial charge in [0.15, 0.2) is 0 Å². The molecule has 0 saturated carbocycles.